The molecule has 1 heterocycles. The van der Waals surface area contributed by atoms with Crippen LogP contribution in [0.5, 0.6) is 0 Å². The second-order valence-electron chi connectivity index (χ2n) is 3.48. The Hall–Kier alpha value is -1.36. The third kappa shape index (κ3) is 3.36. The minimum absolute atomic E-state index is 0.0188. The van der Waals surface area contributed by atoms with E-state index in [0.29, 0.717) is 5.13 Å². The molecule has 0 aliphatic heterocycles. The number of nitrogens with zero attached hydrogens (tertiary/aromatic N) is 1. The van der Waals surface area contributed by atoms with Gasteiger partial charge in [-0.25, -0.2) is 4.98 Å². The molecular weight excluding hydrogens is 212 g/mol. The first-order valence-electron chi connectivity index (χ1n) is 4.64. The van der Waals surface area contributed by atoms with Crippen molar-refractivity contribution in [1.82, 2.24) is 4.98 Å². The zero-order valence-corrected chi connectivity index (χ0v) is 9.54. The van der Waals surface area contributed by atoms with Gasteiger partial charge in [-0.1, -0.05) is 19.9 Å². The van der Waals surface area contributed by atoms with Crippen LogP contribution in [0.4, 0.5) is 5.13 Å². The van der Waals surface area contributed by atoms with Crippen molar-refractivity contribution >= 4 is 28.0 Å². The molecule has 1 aromatic rings. The first kappa shape index (κ1) is 11.7. The lowest BCUT2D eigenvalue weighted by Crippen LogP contribution is -1.98. The van der Waals surface area contributed by atoms with Gasteiger partial charge in [0.1, 0.15) is 0 Å². The van der Waals surface area contributed by atoms with Crippen molar-refractivity contribution in [3.05, 3.63) is 17.2 Å². The molecule has 0 saturated heterocycles. The van der Waals surface area contributed by atoms with Crippen LogP contribution in [0.15, 0.2) is 11.5 Å². The second kappa shape index (κ2) is 4.93. The molecule has 4 nitrogen and oxygen atoms in total. The summed E-state index contributed by atoms with van der Waals surface area (Å²) in [5, 5.41) is 11.0. The number of anilines is 1. The van der Waals surface area contributed by atoms with Crippen LogP contribution in [0, 0.1) is 5.92 Å². The number of carboxylic acid groups (broad SMARTS) is 1. The highest BCUT2D eigenvalue weighted by molar-refractivity contribution is 7.13. The quantitative estimate of drug-likeness (QED) is 0.825. The molecule has 0 amide bonds. The van der Waals surface area contributed by atoms with E-state index in [0.717, 1.165) is 11.3 Å². The number of nitrogens with two attached hydrogens (primary N) is 1. The Morgan fingerprint density at radius 2 is 2.40 bits per heavy atom. The van der Waals surface area contributed by atoms with E-state index in [2.05, 4.69) is 4.98 Å². The van der Waals surface area contributed by atoms with Gasteiger partial charge in [-0.15, -0.1) is 11.3 Å². The highest BCUT2D eigenvalue weighted by Crippen LogP contribution is 2.25. The van der Waals surface area contributed by atoms with Crippen LogP contribution >= 0.6 is 11.3 Å². The zero-order chi connectivity index (χ0) is 11.4. The average molecular weight is 226 g/mol. The monoisotopic (exact) mass is 226 g/mol. The number of aromatic nitrogens is 1. The predicted octanol–water partition coefficient (Wildman–Crippen LogP) is 2.24. The number of rotatable bonds is 4. The van der Waals surface area contributed by atoms with Crippen LogP contribution in [-0.4, -0.2) is 16.1 Å². The summed E-state index contributed by atoms with van der Waals surface area (Å²) in [5.41, 5.74) is 7.26. The molecule has 0 radical (unpaired) electrons. The molecule has 0 aliphatic rings. The fourth-order valence-corrected chi connectivity index (χ4v) is 1.83. The summed E-state index contributed by atoms with van der Waals surface area (Å²) in [6, 6.07) is 0. The molecule has 0 fully saturated rings. The summed E-state index contributed by atoms with van der Waals surface area (Å²) >= 11 is 1.36. The molecule has 3 N–H and O–H groups in total. The number of nitrogen functional groups attached to an aromatic ring is 1. The molecule has 5 heteroatoms. The fraction of sp³-hybridized carbons (Fsp3) is 0.400. The average Bonchev–Trinajstić information content (AvgIpc) is 2.51. The van der Waals surface area contributed by atoms with E-state index in [-0.39, 0.29) is 12.3 Å². The van der Waals surface area contributed by atoms with E-state index < -0.39 is 5.97 Å². The number of aliphatic carboxylic acids is 1. The van der Waals surface area contributed by atoms with Gasteiger partial charge in [-0.3, -0.25) is 4.79 Å². The normalized spacial score (nSPS) is 12.1. The number of hydrogen-bond donors (Lipinski definition) is 2. The van der Waals surface area contributed by atoms with Gasteiger partial charge in [0.2, 0.25) is 0 Å². The SMILES string of the molecule is CC(C)/C(=C\CC(=O)O)c1csc(N)n1. The standard InChI is InChI=1S/C10H14N2O2S/c1-6(2)7(3-4-9(13)14)8-5-15-10(11)12-8/h3,5-6H,4H2,1-2H3,(H2,11,12)(H,13,14)/b7-3+. The van der Waals surface area contributed by atoms with Crippen LogP contribution in [0.25, 0.3) is 5.57 Å². The Kier molecular flexibility index (Phi) is 3.85. The molecule has 0 aliphatic carbocycles. The number of allylic oxidation sites excluding steroid dienone is 1. The van der Waals surface area contributed by atoms with Gasteiger partial charge in [0.25, 0.3) is 0 Å². The molecular formula is C10H14N2O2S. The highest BCUT2D eigenvalue weighted by Gasteiger charge is 2.10. The van der Waals surface area contributed by atoms with Crippen LogP contribution < -0.4 is 5.73 Å². The number of carbonyl (C=O) groups is 1. The Bertz CT molecular complexity index is 383. The molecule has 0 saturated carbocycles. The van der Waals surface area contributed by atoms with Crippen molar-refractivity contribution in [2.75, 3.05) is 5.73 Å². The van der Waals surface area contributed by atoms with E-state index in [1.54, 1.807) is 6.08 Å². The molecule has 1 aromatic heterocycles. The van der Waals surface area contributed by atoms with Crippen molar-refractivity contribution in [2.45, 2.75) is 20.3 Å². The molecule has 0 unspecified atom stereocenters. The lowest BCUT2D eigenvalue weighted by molar-refractivity contribution is -0.135. The van der Waals surface area contributed by atoms with Gasteiger partial charge in [0.15, 0.2) is 5.13 Å². The molecule has 82 valence electrons. The van der Waals surface area contributed by atoms with E-state index >= 15 is 0 Å². The Morgan fingerprint density at radius 3 is 2.80 bits per heavy atom. The second-order valence-corrected chi connectivity index (χ2v) is 4.37. The van der Waals surface area contributed by atoms with Gasteiger partial charge >= 0.3 is 5.97 Å². The summed E-state index contributed by atoms with van der Waals surface area (Å²) < 4.78 is 0. The molecule has 0 bridgehead atoms. The molecule has 0 aromatic carbocycles. The first-order valence-corrected chi connectivity index (χ1v) is 5.52. The summed E-state index contributed by atoms with van der Waals surface area (Å²) in [7, 11) is 0. The zero-order valence-electron chi connectivity index (χ0n) is 8.73. The number of thiazole rings is 1. The van der Waals surface area contributed by atoms with E-state index in [4.69, 9.17) is 10.8 Å². The third-order valence-electron chi connectivity index (χ3n) is 1.94. The first-order chi connectivity index (χ1) is 7.00. The van der Waals surface area contributed by atoms with E-state index in [1.807, 2.05) is 19.2 Å². The van der Waals surface area contributed by atoms with Crippen molar-refractivity contribution < 1.29 is 9.90 Å². The lowest BCUT2D eigenvalue weighted by atomic mass is 9.99. The predicted molar refractivity (Wildman–Crippen MR) is 61.6 cm³/mol. The van der Waals surface area contributed by atoms with Crippen molar-refractivity contribution in [2.24, 2.45) is 5.92 Å². The largest absolute Gasteiger partial charge is 0.481 e. The number of hydrogen-bond acceptors (Lipinski definition) is 4. The molecule has 0 spiro atoms. The summed E-state index contributed by atoms with van der Waals surface area (Å²) in [6.07, 6.45) is 1.71. The highest BCUT2D eigenvalue weighted by atomic mass is 32.1. The smallest absolute Gasteiger partial charge is 0.307 e. The Labute approximate surface area is 92.5 Å². The minimum Gasteiger partial charge on any atom is -0.481 e. The van der Waals surface area contributed by atoms with Crippen molar-refractivity contribution in [1.29, 1.82) is 0 Å². The summed E-state index contributed by atoms with van der Waals surface area (Å²) in [5.74, 6) is -0.595. The van der Waals surface area contributed by atoms with Crippen LogP contribution in [0.3, 0.4) is 0 Å². The fourth-order valence-electron chi connectivity index (χ4n) is 1.25. The van der Waals surface area contributed by atoms with Crippen LogP contribution in [0.1, 0.15) is 26.0 Å². The number of carboxylic acids is 1. The summed E-state index contributed by atoms with van der Waals surface area (Å²) in [4.78, 5) is 14.6. The minimum atomic E-state index is -0.837. The topological polar surface area (TPSA) is 76.2 Å². The van der Waals surface area contributed by atoms with Crippen LogP contribution in [-0.2, 0) is 4.79 Å². The maximum absolute atomic E-state index is 10.5. The Morgan fingerprint density at radius 1 is 1.73 bits per heavy atom. The molecule has 1 rings (SSSR count). The van der Waals surface area contributed by atoms with Gasteiger partial charge < -0.3 is 10.8 Å². The van der Waals surface area contributed by atoms with E-state index in [9.17, 15) is 4.79 Å². The maximum atomic E-state index is 10.5. The van der Waals surface area contributed by atoms with Crippen LogP contribution in [0.2, 0.25) is 0 Å². The van der Waals surface area contributed by atoms with Gasteiger partial charge in [-0.05, 0) is 11.5 Å². The van der Waals surface area contributed by atoms with E-state index in [1.165, 1.54) is 11.3 Å². The van der Waals surface area contributed by atoms with Gasteiger partial charge in [0.05, 0.1) is 12.1 Å². The summed E-state index contributed by atoms with van der Waals surface area (Å²) in [6.45, 7) is 4.01. The molecule has 15 heavy (non-hydrogen) atoms. The van der Waals surface area contributed by atoms with Gasteiger partial charge in [0, 0.05) is 5.38 Å². The van der Waals surface area contributed by atoms with Crippen molar-refractivity contribution in [3.63, 3.8) is 0 Å². The molecule has 0 atom stereocenters. The van der Waals surface area contributed by atoms with Crippen molar-refractivity contribution in [3.8, 4) is 0 Å². The Balaban J connectivity index is 2.92. The lowest BCUT2D eigenvalue weighted by Gasteiger charge is -2.07. The van der Waals surface area contributed by atoms with Gasteiger partial charge in [-0.2, -0.15) is 0 Å². The maximum Gasteiger partial charge on any atom is 0.307 e. The third-order valence-corrected chi connectivity index (χ3v) is 2.61.